The summed E-state index contributed by atoms with van der Waals surface area (Å²) in [6, 6.07) is 7.35. The van der Waals surface area contributed by atoms with Crippen LogP contribution < -0.4 is 5.73 Å². The molecule has 2 N–H and O–H groups in total. The molecule has 1 aromatic carbocycles. The van der Waals surface area contributed by atoms with Gasteiger partial charge < -0.3 is 20.1 Å². The van der Waals surface area contributed by atoms with Crippen LogP contribution in [0.1, 0.15) is 18.9 Å². The number of primary amides is 1. The molecule has 1 aliphatic heterocycles. The first-order valence-electron chi connectivity index (χ1n) is 8.75. The smallest absolute Gasteiger partial charge is 0.242 e. The number of rotatable bonds is 4. The van der Waals surface area contributed by atoms with Crippen molar-refractivity contribution >= 4 is 28.6 Å². The minimum atomic E-state index is -0.747. The van der Waals surface area contributed by atoms with Crippen LogP contribution in [0, 0.1) is 0 Å². The van der Waals surface area contributed by atoms with Crippen molar-refractivity contribution in [3.8, 4) is 0 Å². The lowest BCUT2D eigenvalue weighted by molar-refractivity contribution is -0.146. The molecule has 3 rings (SSSR count). The first kappa shape index (κ1) is 18.0. The molecule has 2 aromatic rings. The number of amides is 3. The standard InChI is InChI=1S/C19H24N4O3/c1-13(24)23-10-9-22(12-17(23)19(20)26)18(25)8-7-14-11-21(2)16-6-4-3-5-15(14)16/h3-6,11,17H,7-10,12H2,1-2H3,(H2,20,26)/t17-/m1/s1. The van der Waals surface area contributed by atoms with E-state index in [2.05, 4.69) is 22.9 Å². The van der Waals surface area contributed by atoms with Crippen molar-refractivity contribution in [1.29, 1.82) is 0 Å². The summed E-state index contributed by atoms with van der Waals surface area (Å²) < 4.78 is 2.06. The van der Waals surface area contributed by atoms with Crippen LogP contribution in [-0.2, 0) is 27.9 Å². The molecular formula is C19H24N4O3. The van der Waals surface area contributed by atoms with Gasteiger partial charge in [-0.1, -0.05) is 18.2 Å². The fraction of sp³-hybridized carbons (Fsp3) is 0.421. The predicted octanol–water partition coefficient (Wildman–Crippen LogP) is 0.655. The van der Waals surface area contributed by atoms with E-state index in [0.717, 1.165) is 16.5 Å². The zero-order valence-electron chi connectivity index (χ0n) is 15.1. The van der Waals surface area contributed by atoms with Crippen molar-refractivity contribution < 1.29 is 14.4 Å². The largest absolute Gasteiger partial charge is 0.368 e. The molecule has 0 saturated carbocycles. The van der Waals surface area contributed by atoms with Gasteiger partial charge in [0.05, 0.1) is 6.54 Å². The molecule has 138 valence electrons. The highest BCUT2D eigenvalue weighted by Gasteiger charge is 2.34. The summed E-state index contributed by atoms with van der Waals surface area (Å²) in [6.07, 6.45) is 3.05. The second-order valence-electron chi connectivity index (χ2n) is 6.75. The number of nitrogens with two attached hydrogens (primary N) is 1. The minimum absolute atomic E-state index is 0.0209. The summed E-state index contributed by atoms with van der Waals surface area (Å²) in [7, 11) is 1.99. The predicted molar refractivity (Wildman–Crippen MR) is 98.2 cm³/mol. The first-order chi connectivity index (χ1) is 12.4. The third-order valence-corrected chi connectivity index (χ3v) is 5.05. The summed E-state index contributed by atoms with van der Waals surface area (Å²) in [5.74, 6) is -0.796. The lowest BCUT2D eigenvalue weighted by Gasteiger charge is -2.39. The van der Waals surface area contributed by atoms with E-state index in [0.29, 0.717) is 25.9 Å². The molecule has 2 heterocycles. The molecule has 3 amide bonds. The molecule has 7 heteroatoms. The van der Waals surface area contributed by atoms with Crippen molar-refractivity contribution in [2.45, 2.75) is 25.8 Å². The number of fused-ring (bicyclic) bond motifs is 1. The topological polar surface area (TPSA) is 88.6 Å². The quantitative estimate of drug-likeness (QED) is 0.873. The Morgan fingerprint density at radius 2 is 1.92 bits per heavy atom. The highest BCUT2D eigenvalue weighted by molar-refractivity contribution is 5.88. The van der Waals surface area contributed by atoms with Crippen LogP contribution in [0.4, 0.5) is 0 Å². The maximum atomic E-state index is 12.6. The molecule has 0 unspecified atom stereocenters. The lowest BCUT2D eigenvalue weighted by atomic mass is 10.1. The van der Waals surface area contributed by atoms with Gasteiger partial charge in [-0.25, -0.2) is 0 Å². The Kier molecular flexibility index (Phi) is 4.97. The molecule has 0 spiro atoms. The number of piperazine rings is 1. The van der Waals surface area contributed by atoms with Crippen LogP contribution in [0.15, 0.2) is 30.5 Å². The Morgan fingerprint density at radius 1 is 1.19 bits per heavy atom. The van der Waals surface area contributed by atoms with Gasteiger partial charge in [-0.05, 0) is 18.1 Å². The maximum absolute atomic E-state index is 12.6. The Bertz CT molecular complexity index is 858. The monoisotopic (exact) mass is 356 g/mol. The highest BCUT2D eigenvalue weighted by atomic mass is 16.2. The fourth-order valence-electron chi connectivity index (χ4n) is 3.65. The molecule has 0 bridgehead atoms. The van der Waals surface area contributed by atoms with E-state index in [9.17, 15) is 14.4 Å². The van der Waals surface area contributed by atoms with Crippen molar-refractivity contribution in [2.24, 2.45) is 12.8 Å². The van der Waals surface area contributed by atoms with Gasteiger partial charge in [0.25, 0.3) is 0 Å². The molecule has 1 saturated heterocycles. The molecule has 1 fully saturated rings. The van der Waals surface area contributed by atoms with Gasteiger partial charge in [-0.15, -0.1) is 0 Å². The number of para-hydroxylation sites is 1. The number of carbonyl (C=O) groups is 3. The summed E-state index contributed by atoms with van der Waals surface area (Å²) >= 11 is 0. The molecule has 0 aliphatic carbocycles. The van der Waals surface area contributed by atoms with Crippen LogP contribution in [0.3, 0.4) is 0 Å². The van der Waals surface area contributed by atoms with Crippen LogP contribution in [0.2, 0.25) is 0 Å². The molecule has 1 aliphatic rings. The summed E-state index contributed by atoms with van der Waals surface area (Å²) in [5.41, 5.74) is 7.68. The Hall–Kier alpha value is -2.83. The number of hydrogen-bond acceptors (Lipinski definition) is 3. The Labute approximate surface area is 152 Å². The summed E-state index contributed by atoms with van der Waals surface area (Å²) in [4.78, 5) is 39.0. The number of aromatic nitrogens is 1. The van der Waals surface area contributed by atoms with Crippen LogP contribution >= 0.6 is 0 Å². The van der Waals surface area contributed by atoms with Crippen molar-refractivity contribution in [3.05, 3.63) is 36.0 Å². The number of benzene rings is 1. The van der Waals surface area contributed by atoms with Crippen molar-refractivity contribution in [2.75, 3.05) is 19.6 Å². The van der Waals surface area contributed by atoms with Crippen LogP contribution in [0.25, 0.3) is 10.9 Å². The van der Waals surface area contributed by atoms with E-state index in [1.54, 1.807) is 4.90 Å². The zero-order chi connectivity index (χ0) is 18.8. The Balaban J connectivity index is 1.66. The molecular weight excluding hydrogens is 332 g/mol. The third kappa shape index (κ3) is 3.42. The van der Waals surface area contributed by atoms with Crippen molar-refractivity contribution in [3.63, 3.8) is 0 Å². The third-order valence-electron chi connectivity index (χ3n) is 5.05. The average Bonchev–Trinajstić information content (AvgIpc) is 2.95. The Morgan fingerprint density at radius 3 is 2.62 bits per heavy atom. The van der Waals surface area contributed by atoms with Gasteiger partial charge in [0.2, 0.25) is 17.7 Å². The molecule has 7 nitrogen and oxygen atoms in total. The SMILES string of the molecule is CC(=O)N1CCN(C(=O)CCc2cn(C)c3ccccc23)C[C@@H]1C(N)=O. The van der Waals surface area contributed by atoms with Gasteiger partial charge in [-0.3, -0.25) is 14.4 Å². The second-order valence-corrected chi connectivity index (χ2v) is 6.75. The lowest BCUT2D eigenvalue weighted by Crippen LogP contribution is -2.60. The van der Waals surface area contributed by atoms with Gasteiger partial charge >= 0.3 is 0 Å². The molecule has 0 radical (unpaired) electrons. The van der Waals surface area contributed by atoms with Gasteiger partial charge in [0, 0.05) is 50.6 Å². The summed E-state index contributed by atoms with van der Waals surface area (Å²) in [6.45, 7) is 2.35. The summed E-state index contributed by atoms with van der Waals surface area (Å²) in [5, 5.41) is 1.15. The highest BCUT2D eigenvalue weighted by Crippen LogP contribution is 2.22. The second kappa shape index (κ2) is 7.19. The number of carbonyl (C=O) groups excluding carboxylic acids is 3. The van der Waals surface area contributed by atoms with E-state index >= 15 is 0 Å². The minimum Gasteiger partial charge on any atom is -0.368 e. The van der Waals surface area contributed by atoms with Crippen LogP contribution in [0.5, 0.6) is 0 Å². The maximum Gasteiger partial charge on any atom is 0.242 e. The molecule has 1 aromatic heterocycles. The number of nitrogens with zero attached hydrogens (tertiary/aromatic N) is 3. The molecule has 1 atom stereocenters. The van der Waals surface area contributed by atoms with Crippen LogP contribution in [-0.4, -0.2) is 57.8 Å². The van der Waals surface area contributed by atoms with E-state index < -0.39 is 11.9 Å². The first-order valence-corrected chi connectivity index (χ1v) is 8.75. The van der Waals surface area contributed by atoms with E-state index in [-0.39, 0.29) is 18.4 Å². The number of aryl methyl sites for hydroxylation is 2. The molecule has 26 heavy (non-hydrogen) atoms. The van der Waals surface area contributed by atoms with E-state index in [4.69, 9.17) is 5.73 Å². The fourth-order valence-corrected chi connectivity index (χ4v) is 3.65. The van der Waals surface area contributed by atoms with Gasteiger partial charge in [-0.2, -0.15) is 0 Å². The van der Waals surface area contributed by atoms with Crippen molar-refractivity contribution in [1.82, 2.24) is 14.4 Å². The average molecular weight is 356 g/mol. The van der Waals surface area contributed by atoms with Gasteiger partial charge in [0.1, 0.15) is 6.04 Å². The zero-order valence-corrected chi connectivity index (χ0v) is 15.1. The van der Waals surface area contributed by atoms with E-state index in [1.807, 2.05) is 19.2 Å². The van der Waals surface area contributed by atoms with E-state index in [1.165, 1.54) is 11.8 Å². The van der Waals surface area contributed by atoms with Gasteiger partial charge in [0.15, 0.2) is 0 Å². The number of hydrogen-bond donors (Lipinski definition) is 1. The normalized spacial score (nSPS) is 17.5.